The Labute approximate surface area is 158 Å². The molecule has 1 heterocycles. The van der Waals surface area contributed by atoms with Crippen LogP contribution in [0.2, 0.25) is 0 Å². The van der Waals surface area contributed by atoms with Gasteiger partial charge in [0.25, 0.3) is 5.91 Å². The van der Waals surface area contributed by atoms with Gasteiger partial charge in [-0.05, 0) is 36.9 Å². The number of primary amides is 1. The maximum absolute atomic E-state index is 12.9. The van der Waals surface area contributed by atoms with Crippen molar-refractivity contribution in [1.29, 1.82) is 0 Å². The van der Waals surface area contributed by atoms with Crippen LogP contribution in [0.5, 0.6) is 11.5 Å². The number of carbonyl (C=O) groups excluding carboxylic acids is 2. The number of fused-ring (bicyclic) bond motifs is 1. The smallest absolute Gasteiger partial charge is 0.260 e. The molecule has 2 aromatic rings. The number of anilines is 1. The monoisotopic (exact) mass is 369 g/mol. The second-order valence-corrected chi connectivity index (χ2v) is 6.50. The van der Waals surface area contributed by atoms with Crippen LogP contribution in [0.15, 0.2) is 48.5 Å². The molecule has 2 N–H and O–H groups in total. The average molecular weight is 369 g/mol. The molecule has 2 aromatic carbocycles. The topological polar surface area (TPSA) is 85.1 Å². The molecule has 1 aliphatic rings. The Bertz CT molecular complexity index is 839. The number of rotatable bonds is 6. The van der Waals surface area contributed by atoms with E-state index in [1.165, 1.54) is 0 Å². The van der Waals surface area contributed by atoms with Crippen LogP contribution in [0.25, 0.3) is 0 Å². The summed E-state index contributed by atoms with van der Waals surface area (Å²) in [7, 11) is 3.49. The van der Waals surface area contributed by atoms with E-state index in [-0.39, 0.29) is 19.0 Å². The van der Waals surface area contributed by atoms with Gasteiger partial charge in [0.15, 0.2) is 6.10 Å². The lowest BCUT2D eigenvalue weighted by molar-refractivity contribution is -0.125. The summed E-state index contributed by atoms with van der Waals surface area (Å²) in [6.07, 6.45) is -0.854. The second kappa shape index (κ2) is 8.09. The maximum atomic E-state index is 12.9. The Morgan fingerprint density at radius 3 is 2.78 bits per heavy atom. The van der Waals surface area contributed by atoms with Gasteiger partial charge in [0.05, 0.1) is 25.9 Å². The van der Waals surface area contributed by atoms with Crippen molar-refractivity contribution < 1.29 is 19.1 Å². The third kappa shape index (κ3) is 4.38. The van der Waals surface area contributed by atoms with E-state index in [9.17, 15) is 9.59 Å². The standard InChI is InChI=1S/C20H23N3O4/c1-22(11-14-6-5-7-15(10-14)26-2)13-19(24)23-12-18(20(21)25)27-17-9-4-3-8-16(17)23/h3-10,18H,11-13H2,1-2H3,(H2,21,25)/t18-/m0/s1. The normalized spacial score (nSPS) is 15.8. The molecule has 0 saturated carbocycles. The number of carbonyl (C=O) groups is 2. The molecule has 1 atom stereocenters. The van der Waals surface area contributed by atoms with Crippen LogP contribution in [0, 0.1) is 0 Å². The molecule has 0 saturated heterocycles. The van der Waals surface area contributed by atoms with Crippen molar-refractivity contribution in [3.63, 3.8) is 0 Å². The van der Waals surface area contributed by atoms with Crippen molar-refractivity contribution >= 4 is 17.5 Å². The fourth-order valence-corrected chi connectivity index (χ4v) is 3.07. The van der Waals surface area contributed by atoms with Crippen LogP contribution in [-0.2, 0) is 16.1 Å². The molecule has 0 unspecified atom stereocenters. The van der Waals surface area contributed by atoms with Gasteiger partial charge in [-0.15, -0.1) is 0 Å². The number of nitrogens with zero attached hydrogens (tertiary/aromatic N) is 2. The highest BCUT2D eigenvalue weighted by Gasteiger charge is 2.32. The SMILES string of the molecule is COc1cccc(CN(C)CC(=O)N2C[C@@H](C(N)=O)Oc3ccccc32)c1. The number of amides is 2. The maximum Gasteiger partial charge on any atom is 0.260 e. The van der Waals surface area contributed by atoms with E-state index in [2.05, 4.69) is 0 Å². The largest absolute Gasteiger partial charge is 0.497 e. The Hall–Kier alpha value is -3.06. The average Bonchev–Trinajstić information content (AvgIpc) is 2.66. The summed E-state index contributed by atoms with van der Waals surface area (Å²) in [5.74, 6) is 0.546. The molecule has 0 aliphatic carbocycles. The molecule has 3 rings (SSSR count). The Balaban J connectivity index is 1.71. The molecule has 0 spiro atoms. The van der Waals surface area contributed by atoms with Gasteiger partial charge >= 0.3 is 0 Å². The van der Waals surface area contributed by atoms with E-state index in [1.54, 1.807) is 30.2 Å². The summed E-state index contributed by atoms with van der Waals surface area (Å²) in [5, 5.41) is 0. The highest BCUT2D eigenvalue weighted by Crippen LogP contribution is 2.33. The van der Waals surface area contributed by atoms with Crippen molar-refractivity contribution in [2.45, 2.75) is 12.6 Å². The Kier molecular flexibility index (Phi) is 5.61. The highest BCUT2D eigenvalue weighted by molar-refractivity contribution is 5.98. The summed E-state index contributed by atoms with van der Waals surface area (Å²) in [6, 6.07) is 14.9. The van der Waals surface area contributed by atoms with E-state index in [4.69, 9.17) is 15.2 Å². The fraction of sp³-hybridized carbons (Fsp3) is 0.300. The molecular formula is C20H23N3O4. The zero-order valence-electron chi connectivity index (χ0n) is 15.4. The fourth-order valence-electron chi connectivity index (χ4n) is 3.07. The van der Waals surface area contributed by atoms with E-state index < -0.39 is 12.0 Å². The number of para-hydroxylation sites is 2. The molecule has 0 fully saturated rings. The first-order valence-corrected chi connectivity index (χ1v) is 8.64. The number of hydrogen-bond acceptors (Lipinski definition) is 5. The summed E-state index contributed by atoms with van der Waals surface area (Å²) in [5.41, 5.74) is 7.08. The van der Waals surface area contributed by atoms with Crippen LogP contribution in [0.1, 0.15) is 5.56 Å². The molecule has 7 nitrogen and oxygen atoms in total. The first kappa shape index (κ1) is 18.7. The van der Waals surface area contributed by atoms with Crippen molar-refractivity contribution in [3.05, 3.63) is 54.1 Å². The highest BCUT2D eigenvalue weighted by atomic mass is 16.5. The first-order valence-electron chi connectivity index (χ1n) is 8.64. The van der Waals surface area contributed by atoms with Crippen molar-refractivity contribution in [1.82, 2.24) is 4.90 Å². The van der Waals surface area contributed by atoms with Gasteiger partial charge in [0.1, 0.15) is 11.5 Å². The number of methoxy groups -OCH3 is 1. The predicted molar refractivity (Wildman–Crippen MR) is 102 cm³/mol. The van der Waals surface area contributed by atoms with Crippen LogP contribution in [-0.4, -0.2) is 50.1 Å². The number of benzene rings is 2. The minimum absolute atomic E-state index is 0.109. The third-order valence-corrected chi connectivity index (χ3v) is 4.38. The zero-order chi connectivity index (χ0) is 19.4. The van der Waals surface area contributed by atoms with Crippen LogP contribution in [0.4, 0.5) is 5.69 Å². The molecule has 0 bridgehead atoms. The predicted octanol–water partition coefficient (Wildman–Crippen LogP) is 1.41. The zero-order valence-corrected chi connectivity index (χ0v) is 15.4. The van der Waals surface area contributed by atoms with Gasteiger partial charge in [-0.1, -0.05) is 24.3 Å². The molecule has 0 radical (unpaired) electrons. The number of likely N-dealkylation sites (N-methyl/N-ethyl adjacent to an activating group) is 1. The van der Waals surface area contributed by atoms with Crippen LogP contribution < -0.4 is 20.1 Å². The second-order valence-electron chi connectivity index (χ2n) is 6.50. The van der Waals surface area contributed by atoms with Crippen LogP contribution in [0.3, 0.4) is 0 Å². The summed E-state index contributed by atoms with van der Waals surface area (Å²) < 4.78 is 10.8. The van der Waals surface area contributed by atoms with Gasteiger partial charge in [0, 0.05) is 6.54 Å². The molecule has 142 valence electrons. The Morgan fingerprint density at radius 1 is 1.26 bits per heavy atom. The summed E-state index contributed by atoms with van der Waals surface area (Å²) in [6.45, 7) is 0.892. The minimum atomic E-state index is -0.854. The molecule has 2 amide bonds. The number of nitrogens with two attached hydrogens (primary N) is 1. The summed E-state index contributed by atoms with van der Waals surface area (Å²) in [4.78, 5) is 28.0. The first-order chi connectivity index (χ1) is 13.0. The lowest BCUT2D eigenvalue weighted by Gasteiger charge is -2.34. The molecule has 1 aliphatic heterocycles. The van der Waals surface area contributed by atoms with Crippen molar-refractivity contribution in [2.75, 3.05) is 32.1 Å². The van der Waals surface area contributed by atoms with Gasteiger partial charge in [-0.3, -0.25) is 14.5 Å². The van der Waals surface area contributed by atoms with Crippen LogP contribution >= 0.6 is 0 Å². The van der Waals surface area contributed by atoms with Gasteiger partial charge < -0.3 is 20.1 Å². The summed E-state index contributed by atoms with van der Waals surface area (Å²) >= 11 is 0. The van der Waals surface area contributed by atoms with E-state index in [0.717, 1.165) is 11.3 Å². The molecular weight excluding hydrogens is 346 g/mol. The quantitative estimate of drug-likeness (QED) is 0.832. The minimum Gasteiger partial charge on any atom is -0.497 e. The van der Waals surface area contributed by atoms with E-state index >= 15 is 0 Å². The molecule has 7 heteroatoms. The van der Waals surface area contributed by atoms with E-state index in [0.29, 0.717) is 18.0 Å². The third-order valence-electron chi connectivity index (χ3n) is 4.38. The van der Waals surface area contributed by atoms with Crippen molar-refractivity contribution in [3.8, 4) is 11.5 Å². The number of ether oxygens (including phenoxy) is 2. The van der Waals surface area contributed by atoms with Gasteiger partial charge in [-0.25, -0.2) is 0 Å². The van der Waals surface area contributed by atoms with Gasteiger partial charge in [0.2, 0.25) is 5.91 Å². The molecule has 0 aromatic heterocycles. The van der Waals surface area contributed by atoms with Gasteiger partial charge in [-0.2, -0.15) is 0 Å². The lowest BCUT2D eigenvalue weighted by Crippen LogP contribution is -2.51. The molecule has 27 heavy (non-hydrogen) atoms. The lowest BCUT2D eigenvalue weighted by atomic mass is 10.1. The Morgan fingerprint density at radius 2 is 2.04 bits per heavy atom. The number of hydrogen-bond donors (Lipinski definition) is 1. The van der Waals surface area contributed by atoms with Crippen molar-refractivity contribution in [2.24, 2.45) is 5.73 Å². The van der Waals surface area contributed by atoms with E-state index in [1.807, 2.05) is 42.3 Å².